The van der Waals surface area contributed by atoms with Gasteiger partial charge in [-0.1, -0.05) is 13.0 Å². The number of ether oxygens (including phenoxy) is 1. The summed E-state index contributed by atoms with van der Waals surface area (Å²) in [4.78, 5) is 4.20. The standard InChI is InChI=1S/C16H16F4N2O/c1-9-10(4-5-11(17)13(9)16(18,19)20)15(21)6-8-23-12-3-2-7-22-14(12)15/h2-5,7,9,13H,6,8,21H2,1H3. The fourth-order valence-corrected chi connectivity index (χ4v) is 3.40. The lowest BCUT2D eigenvalue weighted by atomic mass is 9.70. The predicted octanol–water partition coefficient (Wildman–Crippen LogP) is 3.63. The van der Waals surface area contributed by atoms with Gasteiger partial charge in [0.05, 0.1) is 12.1 Å². The minimum atomic E-state index is -4.67. The maximum Gasteiger partial charge on any atom is 0.398 e. The van der Waals surface area contributed by atoms with E-state index in [1.165, 1.54) is 19.2 Å². The van der Waals surface area contributed by atoms with Gasteiger partial charge in [-0.15, -0.1) is 0 Å². The third-order valence-corrected chi connectivity index (χ3v) is 4.52. The van der Waals surface area contributed by atoms with Gasteiger partial charge in [0.25, 0.3) is 0 Å². The fourth-order valence-electron chi connectivity index (χ4n) is 3.40. The van der Waals surface area contributed by atoms with Crippen molar-refractivity contribution in [3.8, 4) is 5.75 Å². The van der Waals surface area contributed by atoms with Crippen molar-refractivity contribution in [3.63, 3.8) is 0 Å². The molecule has 2 N–H and O–H groups in total. The molecule has 0 aromatic carbocycles. The number of nitrogens with zero attached hydrogens (tertiary/aromatic N) is 1. The van der Waals surface area contributed by atoms with Crippen LogP contribution in [0.3, 0.4) is 0 Å². The second kappa shape index (κ2) is 5.33. The van der Waals surface area contributed by atoms with E-state index in [4.69, 9.17) is 10.5 Å². The fraction of sp³-hybridized carbons (Fsp3) is 0.438. The number of halogens is 4. The van der Waals surface area contributed by atoms with Crippen molar-refractivity contribution in [1.29, 1.82) is 0 Å². The average molecular weight is 328 g/mol. The van der Waals surface area contributed by atoms with Crippen LogP contribution in [0.15, 0.2) is 41.9 Å². The first-order valence-corrected chi connectivity index (χ1v) is 7.27. The van der Waals surface area contributed by atoms with Gasteiger partial charge in [0.1, 0.15) is 23.2 Å². The van der Waals surface area contributed by atoms with Gasteiger partial charge < -0.3 is 10.5 Å². The molecule has 2 heterocycles. The number of fused-ring (bicyclic) bond motifs is 1. The summed E-state index contributed by atoms with van der Waals surface area (Å²) in [6.45, 7) is 1.62. The van der Waals surface area contributed by atoms with Gasteiger partial charge in [0, 0.05) is 12.6 Å². The minimum Gasteiger partial charge on any atom is -0.491 e. The first-order chi connectivity index (χ1) is 10.7. The molecule has 1 aromatic heterocycles. The van der Waals surface area contributed by atoms with E-state index in [9.17, 15) is 17.6 Å². The van der Waals surface area contributed by atoms with Crippen molar-refractivity contribution in [2.75, 3.05) is 6.61 Å². The van der Waals surface area contributed by atoms with E-state index in [1.54, 1.807) is 12.1 Å². The zero-order valence-corrected chi connectivity index (χ0v) is 12.4. The topological polar surface area (TPSA) is 48.1 Å². The predicted molar refractivity (Wildman–Crippen MR) is 76.2 cm³/mol. The maximum atomic E-state index is 13.8. The van der Waals surface area contributed by atoms with Crippen LogP contribution in [-0.4, -0.2) is 17.8 Å². The quantitative estimate of drug-likeness (QED) is 0.801. The second-order valence-corrected chi connectivity index (χ2v) is 5.90. The molecule has 7 heteroatoms. The van der Waals surface area contributed by atoms with Gasteiger partial charge in [0.15, 0.2) is 0 Å². The molecule has 0 saturated carbocycles. The van der Waals surface area contributed by atoms with Crippen molar-refractivity contribution in [2.24, 2.45) is 17.6 Å². The highest BCUT2D eigenvalue weighted by Crippen LogP contribution is 2.49. The van der Waals surface area contributed by atoms with Crippen LogP contribution in [0.5, 0.6) is 5.75 Å². The molecule has 0 radical (unpaired) electrons. The van der Waals surface area contributed by atoms with E-state index in [1.807, 2.05) is 0 Å². The summed E-state index contributed by atoms with van der Waals surface area (Å²) in [6, 6.07) is 3.34. The molecule has 0 fully saturated rings. The average Bonchev–Trinajstić information content (AvgIpc) is 2.46. The van der Waals surface area contributed by atoms with Crippen LogP contribution in [0, 0.1) is 11.8 Å². The Morgan fingerprint density at radius 2 is 2.09 bits per heavy atom. The summed E-state index contributed by atoms with van der Waals surface area (Å²) in [5.74, 6) is -4.03. The number of rotatable bonds is 1. The minimum absolute atomic E-state index is 0.266. The van der Waals surface area contributed by atoms with Gasteiger partial charge in [-0.05, 0) is 29.7 Å². The van der Waals surface area contributed by atoms with E-state index in [-0.39, 0.29) is 13.0 Å². The van der Waals surface area contributed by atoms with Crippen molar-refractivity contribution < 1.29 is 22.3 Å². The molecule has 1 aliphatic carbocycles. The van der Waals surface area contributed by atoms with Gasteiger partial charge in [-0.3, -0.25) is 4.98 Å². The Bertz CT molecular complexity index is 683. The Kier molecular flexibility index (Phi) is 3.71. The summed E-state index contributed by atoms with van der Waals surface area (Å²) in [5.41, 5.74) is 5.97. The van der Waals surface area contributed by atoms with Crippen molar-refractivity contribution in [1.82, 2.24) is 4.98 Å². The van der Waals surface area contributed by atoms with E-state index in [2.05, 4.69) is 4.98 Å². The number of nitrogens with two attached hydrogens (primary N) is 1. The number of hydrogen-bond acceptors (Lipinski definition) is 3. The highest BCUT2D eigenvalue weighted by atomic mass is 19.4. The molecule has 0 saturated heterocycles. The van der Waals surface area contributed by atoms with Crippen LogP contribution in [0.2, 0.25) is 0 Å². The second-order valence-electron chi connectivity index (χ2n) is 5.90. The smallest absolute Gasteiger partial charge is 0.398 e. The molecule has 0 spiro atoms. The third-order valence-electron chi connectivity index (χ3n) is 4.52. The van der Waals surface area contributed by atoms with Gasteiger partial charge in [-0.2, -0.15) is 13.2 Å². The first kappa shape index (κ1) is 16.0. The van der Waals surface area contributed by atoms with E-state index in [0.717, 1.165) is 6.08 Å². The molecule has 3 unspecified atom stereocenters. The Labute approximate surface area is 130 Å². The Balaban J connectivity index is 2.09. The Hall–Kier alpha value is -1.89. The van der Waals surface area contributed by atoms with Crippen molar-refractivity contribution >= 4 is 0 Å². The number of alkyl halides is 3. The number of pyridine rings is 1. The number of allylic oxidation sites excluding steroid dienone is 3. The summed E-state index contributed by atoms with van der Waals surface area (Å²) < 4.78 is 58.9. The van der Waals surface area contributed by atoms with Crippen LogP contribution < -0.4 is 10.5 Å². The highest BCUT2D eigenvalue weighted by Gasteiger charge is 2.52. The molecule has 2 aliphatic rings. The molecule has 23 heavy (non-hydrogen) atoms. The molecule has 3 rings (SSSR count). The lowest BCUT2D eigenvalue weighted by Gasteiger charge is -2.41. The lowest BCUT2D eigenvalue weighted by molar-refractivity contribution is -0.178. The SMILES string of the molecule is CC1C(C2(N)CCOc3cccnc32)=CC=C(F)C1C(F)(F)F. The third kappa shape index (κ3) is 2.52. The van der Waals surface area contributed by atoms with Crippen LogP contribution in [0.25, 0.3) is 0 Å². The van der Waals surface area contributed by atoms with Crippen LogP contribution in [0.1, 0.15) is 19.0 Å². The van der Waals surface area contributed by atoms with E-state index < -0.39 is 29.4 Å². The Morgan fingerprint density at radius 3 is 2.78 bits per heavy atom. The first-order valence-electron chi connectivity index (χ1n) is 7.27. The molecule has 3 atom stereocenters. The summed E-state index contributed by atoms with van der Waals surface area (Å²) in [5, 5.41) is 0. The molecule has 0 amide bonds. The van der Waals surface area contributed by atoms with Crippen molar-refractivity contribution in [2.45, 2.75) is 25.1 Å². The highest BCUT2D eigenvalue weighted by molar-refractivity contribution is 5.45. The zero-order valence-electron chi connectivity index (χ0n) is 12.4. The normalized spacial score (nSPS) is 30.9. The van der Waals surface area contributed by atoms with Crippen molar-refractivity contribution in [3.05, 3.63) is 47.6 Å². The maximum absolute atomic E-state index is 13.8. The number of aromatic nitrogens is 1. The van der Waals surface area contributed by atoms with E-state index in [0.29, 0.717) is 17.0 Å². The molecule has 3 nitrogen and oxygen atoms in total. The molecule has 0 bridgehead atoms. The summed E-state index contributed by atoms with van der Waals surface area (Å²) in [7, 11) is 0. The number of hydrogen-bond donors (Lipinski definition) is 1. The molecule has 1 aliphatic heterocycles. The zero-order chi connectivity index (χ0) is 16.8. The summed E-state index contributed by atoms with van der Waals surface area (Å²) >= 11 is 0. The largest absolute Gasteiger partial charge is 0.491 e. The van der Waals surface area contributed by atoms with Crippen LogP contribution in [0.4, 0.5) is 17.6 Å². The lowest BCUT2D eigenvalue weighted by Crippen LogP contribution is -2.48. The van der Waals surface area contributed by atoms with Crippen LogP contribution in [-0.2, 0) is 5.54 Å². The van der Waals surface area contributed by atoms with Crippen LogP contribution >= 0.6 is 0 Å². The van der Waals surface area contributed by atoms with Gasteiger partial charge in [0.2, 0.25) is 0 Å². The Morgan fingerprint density at radius 1 is 1.35 bits per heavy atom. The van der Waals surface area contributed by atoms with Gasteiger partial charge >= 0.3 is 6.18 Å². The molecular formula is C16H16F4N2O. The monoisotopic (exact) mass is 328 g/mol. The molecule has 124 valence electrons. The summed E-state index contributed by atoms with van der Waals surface area (Å²) in [6.07, 6.45) is -0.658. The molecule has 1 aromatic rings. The van der Waals surface area contributed by atoms with Gasteiger partial charge in [-0.25, -0.2) is 4.39 Å². The molecular weight excluding hydrogens is 312 g/mol. The van der Waals surface area contributed by atoms with E-state index >= 15 is 0 Å².